The van der Waals surface area contributed by atoms with E-state index in [4.69, 9.17) is 0 Å². The summed E-state index contributed by atoms with van der Waals surface area (Å²) >= 11 is 1.62. The second-order valence-corrected chi connectivity index (χ2v) is 7.88. The van der Waals surface area contributed by atoms with Crippen molar-refractivity contribution < 1.29 is 9.59 Å². The molecule has 1 aromatic rings. The predicted molar refractivity (Wildman–Crippen MR) is 98.7 cm³/mol. The van der Waals surface area contributed by atoms with Gasteiger partial charge >= 0.3 is 0 Å². The molecule has 0 aliphatic carbocycles. The van der Waals surface area contributed by atoms with E-state index in [1.54, 1.807) is 16.7 Å². The molecule has 0 radical (unpaired) electrons. The first-order chi connectivity index (χ1) is 11.3. The summed E-state index contributed by atoms with van der Waals surface area (Å²) in [5.41, 5.74) is 0.962. The smallest absolute Gasteiger partial charge is 0.243 e. The Kier molecular flexibility index (Phi) is 6.29. The summed E-state index contributed by atoms with van der Waals surface area (Å²) in [6.07, 6.45) is 0. The van der Waals surface area contributed by atoms with Crippen molar-refractivity contribution in [3.63, 3.8) is 0 Å². The number of rotatable bonds is 6. The zero-order chi connectivity index (χ0) is 17.7. The molecule has 1 aliphatic heterocycles. The standard InChI is InChI=1S/C18H27N3O2S/c1-13(15-8-6-5-7-9-15)20-18(3,4)11-19-17(23)16-10-24-12-21(16)14(2)22/h5-9,13,16,20H,10-12H2,1-4H3,(H,19,23)/t13-,16+/m1/s1. The van der Waals surface area contributed by atoms with Crippen LogP contribution in [0.25, 0.3) is 0 Å². The Bertz CT molecular complexity index is 577. The Labute approximate surface area is 148 Å². The van der Waals surface area contributed by atoms with Gasteiger partial charge in [-0.05, 0) is 26.3 Å². The molecule has 0 saturated carbocycles. The van der Waals surface area contributed by atoms with Crippen LogP contribution >= 0.6 is 11.8 Å². The number of carbonyl (C=O) groups is 2. The number of nitrogens with zero attached hydrogens (tertiary/aromatic N) is 1. The Morgan fingerprint density at radius 2 is 2.00 bits per heavy atom. The maximum absolute atomic E-state index is 12.4. The van der Waals surface area contributed by atoms with E-state index in [1.807, 2.05) is 18.2 Å². The van der Waals surface area contributed by atoms with E-state index in [0.29, 0.717) is 18.2 Å². The average molecular weight is 350 g/mol. The SMILES string of the molecule is CC(=O)N1CSC[C@H]1C(=O)NCC(C)(C)N[C@H](C)c1ccccc1. The topological polar surface area (TPSA) is 61.4 Å². The first-order valence-corrected chi connectivity index (χ1v) is 9.41. The van der Waals surface area contributed by atoms with Gasteiger partial charge in [0.15, 0.2) is 0 Å². The van der Waals surface area contributed by atoms with Gasteiger partial charge in [0.2, 0.25) is 11.8 Å². The number of carbonyl (C=O) groups excluding carboxylic acids is 2. The largest absolute Gasteiger partial charge is 0.352 e. The Morgan fingerprint density at radius 1 is 1.33 bits per heavy atom. The molecule has 2 rings (SSSR count). The minimum absolute atomic E-state index is 0.0461. The molecule has 0 aromatic heterocycles. The predicted octanol–water partition coefficient (Wildman–Crippen LogP) is 2.15. The molecule has 0 unspecified atom stereocenters. The molecule has 2 N–H and O–H groups in total. The lowest BCUT2D eigenvalue weighted by Crippen LogP contribution is -2.54. The maximum atomic E-state index is 12.4. The third-order valence-electron chi connectivity index (χ3n) is 4.20. The second kappa shape index (κ2) is 8.03. The molecule has 24 heavy (non-hydrogen) atoms. The first-order valence-electron chi connectivity index (χ1n) is 8.25. The van der Waals surface area contributed by atoms with Gasteiger partial charge in [0, 0.05) is 30.8 Å². The van der Waals surface area contributed by atoms with Crippen molar-refractivity contribution in [2.75, 3.05) is 18.2 Å². The molecule has 5 nitrogen and oxygen atoms in total. The molecule has 1 fully saturated rings. The van der Waals surface area contributed by atoms with Gasteiger partial charge in [-0.25, -0.2) is 0 Å². The van der Waals surface area contributed by atoms with E-state index in [9.17, 15) is 9.59 Å². The van der Waals surface area contributed by atoms with Crippen LogP contribution in [-0.2, 0) is 9.59 Å². The molecule has 1 aliphatic rings. The summed E-state index contributed by atoms with van der Waals surface area (Å²) in [7, 11) is 0. The number of hydrogen-bond acceptors (Lipinski definition) is 4. The lowest BCUT2D eigenvalue weighted by molar-refractivity contribution is -0.136. The highest BCUT2D eigenvalue weighted by molar-refractivity contribution is 7.99. The lowest BCUT2D eigenvalue weighted by atomic mass is 10.0. The molecular formula is C18H27N3O2S. The zero-order valence-corrected chi connectivity index (χ0v) is 15.7. The van der Waals surface area contributed by atoms with E-state index < -0.39 is 0 Å². The fourth-order valence-corrected chi connectivity index (χ4v) is 4.08. The van der Waals surface area contributed by atoms with Gasteiger partial charge in [-0.2, -0.15) is 0 Å². The molecule has 6 heteroatoms. The highest BCUT2D eigenvalue weighted by Gasteiger charge is 2.33. The van der Waals surface area contributed by atoms with Crippen molar-refractivity contribution in [3.8, 4) is 0 Å². The van der Waals surface area contributed by atoms with Crippen LogP contribution in [0, 0.1) is 0 Å². The first kappa shape index (κ1) is 18.8. The number of amides is 2. The molecular weight excluding hydrogens is 322 g/mol. The van der Waals surface area contributed by atoms with E-state index in [2.05, 4.69) is 43.5 Å². The second-order valence-electron chi connectivity index (χ2n) is 6.88. The molecule has 1 saturated heterocycles. The van der Waals surface area contributed by atoms with Crippen LogP contribution in [0.15, 0.2) is 30.3 Å². The van der Waals surface area contributed by atoms with Crippen LogP contribution in [0.1, 0.15) is 39.3 Å². The van der Waals surface area contributed by atoms with Gasteiger partial charge in [-0.3, -0.25) is 9.59 Å². The lowest BCUT2D eigenvalue weighted by Gasteiger charge is -2.32. The van der Waals surface area contributed by atoms with Crippen LogP contribution < -0.4 is 10.6 Å². The van der Waals surface area contributed by atoms with E-state index in [0.717, 1.165) is 0 Å². The number of thioether (sulfide) groups is 1. The quantitative estimate of drug-likeness (QED) is 0.826. The average Bonchev–Trinajstić information content (AvgIpc) is 3.03. The number of nitrogens with one attached hydrogen (secondary N) is 2. The van der Waals surface area contributed by atoms with Gasteiger partial charge in [0.25, 0.3) is 0 Å². The molecule has 1 aromatic carbocycles. The Hall–Kier alpha value is -1.53. The summed E-state index contributed by atoms with van der Waals surface area (Å²) in [6, 6.07) is 10.1. The van der Waals surface area contributed by atoms with Crippen molar-refractivity contribution in [2.45, 2.75) is 45.3 Å². The van der Waals surface area contributed by atoms with Crippen molar-refractivity contribution in [3.05, 3.63) is 35.9 Å². The summed E-state index contributed by atoms with van der Waals surface area (Å²) in [5, 5.41) is 6.55. The molecule has 0 spiro atoms. The number of hydrogen-bond donors (Lipinski definition) is 2. The van der Waals surface area contributed by atoms with Crippen LogP contribution in [-0.4, -0.2) is 46.5 Å². The highest BCUT2D eigenvalue weighted by Crippen LogP contribution is 2.21. The van der Waals surface area contributed by atoms with E-state index in [1.165, 1.54) is 12.5 Å². The molecule has 132 valence electrons. The Balaban J connectivity index is 1.87. The summed E-state index contributed by atoms with van der Waals surface area (Å²) in [4.78, 5) is 25.6. The fourth-order valence-electron chi connectivity index (χ4n) is 2.86. The van der Waals surface area contributed by atoms with Crippen molar-refractivity contribution >= 4 is 23.6 Å². The minimum Gasteiger partial charge on any atom is -0.352 e. The van der Waals surface area contributed by atoms with Crippen molar-refractivity contribution in [1.29, 1.82) is 0 Å². The number of benzene rings is 1. The van der Waals surface area contributed by atoms with Crippen LogP contribution in [0.2, 0.25) is 0 Å². The van der Waals surface area contributed by atoms with Crippen molar-refractivity contribution in [1.82, 2.24) is 15.5 Å². The van der Waals surface area contributed by atoms with E-state index in [-0.39, 0.29) is 29.4 Å². The van der Waals surface area contributed by atoms with Crippen LogP contribution in [0.4, 0.5) is 0 Å². The van der Waals surface area contributed by atoms with Gasteiger partial charge in [-0.1, -0.05) is 30.3 Å². The summed E-state index contributed by atoms with van der Waals surface area (Å²) in [6.45, 7) is 8.27. The maximum Gasteiger partial charge on any atom is 0.243 e. The molecule has 1 heterocycles. The highest BCUT2D eigenvalue weighted by atomic mass is 32.2. The van der Waals surface area contributed by atoms with E-state index >= 15 is 0 Å². The van der Waals surface area contributed by atoms with Crippen LogP contribution in [0.3, 0.4) is 0 Å². The third-order valence-corrected chi connectivity index (χ3v) is 5.21. The fraction of sp³-hybridized carbons (Fsp3) is 0.556. The normalized spacial score (nSPS) is 19.2. The molecule has 2 atom stereocenters. The minimum atomic E-state index is -0.352. The van der Waals surface area contributed by atoms with Gasteiger partial charge in [-0.15, -0.1) is 11.8 Å². The Morgan fingerprint density at radius 3 is 2.62 bits per heavy atom. The summed E-state index contributed by atoms with van der Waals surface area (Å²) in [5.74, 6) is 1.15. The summed E-state index contributed by atoms with van der Waals surface area (Å²) < 4.78 is 0. The van der Waals surface area contributed by atoms with Gasteiger partial charge < -0.3 is 15.5 Å². The third kappa shape index (κ3) is 4.98. The molecule has 2 amide bonds. The molecule has 0 bridgehead atoms. The van der Waals surface area contributed by atoms with Crippen molar-refractivity contribution in [2.24, 2.45) is 0 Å². The van der Waals surface area contributed by atoms with Gasteiger partial charge in [0.05, 0.1) is 5.88 Å². The van der Waals surface area contributed by atoms with Crippen LogP contribution in [0.5, 0.6) is 0 Å². The van der Waals surface area contributed by atoms with Gasteiger partial charge in [0.1, 0.15) is 6.04 Å². The monoisotopic (exact) mass is 349 g/mol. The zero-order valence-electron chi connectivity index (χ0n) is 14.8.